The zero-order valence-corrected chi connectivity index (χ0v) is 20.1. The minimum absolute atomic E-state index is 0.297. The maximum atomic E-state index is 13.1. The van der Waals surface area contributed by atoms with E-state index in [4.69, 9.17) is 4.74 Å². The Labute approximate surface area is 191 Å². The van der Waals surface area contributed by atoms with Crippen LogP contribution in [0.5, 0.6) is 0 Å². The van der Waals surface area contributed by atoms with Gasteiger partial charge < -0.3 is 20.3 Å². The van der Waals surface area contributed by atoms with Crippen LogP contribution in [0, 0.1) is 25.2 Å². The van der Waals surface area contributed by atoms with Gasteiger partial charge >= 0.3 is 6.09 Å². The minimum atomic E-state index is -0.984. The minimum Gasteiger partial charge on any atom is -0.444 e. The van der Waals surface area contributed by atoms with Crippen molar-refractivity contribution < 1.29 is 19.1 Å². The average Bonchev–Trinajstić information content (AvgIpc) is 2.67. The number of hydrogen-bond acceptors (Lipinski definition) is 5. The Kier molecular flexibility index (Phi) is 10.7. The van der Waals surface area contributed by atoms with Gasteiger partial charge in [0, 0.05) is 6.54 Å². The van der Waals surface area contributed by atoms with Crippen molar-refractivity contribution in [2.75, 3.05) is 19.6 Å². The number of ether oxygens (including phenoxy) is 1. The molecule has 0 saturated carbocycles. The van der Waals surface area contributed by atoms with Crippen LogP contribution in [0.4, 0.5) is 4.79 Å². The molecule has 0 radical (unpaired) electrons. The van der Waals surface area contributed by atoms with Gasteiger partial charge in [0.25, 0.3) is 0 Å². The van der Waals surface area contributed by atoms with Gasteiger partial charge in [-0.1, -0.05) is 49.1 Å². The fourth-order valence-corrected chi connectivity index (χ4v) is 3.29. The third-order valence-corrected chi connectivity index (χ3v) is 4.54. The lowest BCUT2D eigenvalue weighted by molar-refractivity contribution is -0.139. The topological polar surface area (TPSA) is 112 Å². The lowest BCUT2D eigenvalue weighted by Crippen LogP contribution is -2.48. The van der Waals surface area contributed by atoms with E-state index >= 15 is 0 Å². The number of hydrogen-bond donors (Lipinski definition) is 2. The zero-order valence-electron chi connectivity index (χ0n) is 20.1. The standard InChI is InChI=1S/C24H36N4O4/c1-7-8-9-11-26-22(30)21(19-14-17(2)13-18(3)15-19)28(12-10-25)20(29)16-27-23(31)32-24(4,5)6/h13-15,21H,7-9,11-12,16H2,1-6H3,(H,26,30)(H,27,31). The van der Waals surface area contributed by atoms with Crippen molar-refractivity contribution in [2.45, 2.75) is 72.4 Å². The number of alkyl carbamates (subject to hydrolysis) is 1. The lowest BCUT2D eigenvalue weighted by atomic mass is 9.99. The van der Waals surface area contributed by atoms with E-state index in [1.54, 1.807) is 20.8 Å². The number of benzene rings is 1. The largest absolute Gasteiger partial charge is 0.444 e. The third kappa shape index (κ3) is 9.38. The molecule has 2 N–H and O–H groups in total. The number of nitrogens with zero attached hydrogens (tertiary/aromatic N) is 2. The number of carbonyl (C=O) groups excluding carboxylic acids is 3. The summed E-state index contributed by atoms with van der Waals surface area (Å²) < 4.78 is 5.16. The van der Waals surface area contributed by atoms with Gasteiger partial charge in [-0.25, -0.2) is 4.79 Å². The maximum absolute atomic E-state index is 13.1. The molecule has 1 rings (SSSR count). The summed E-state index contributed by atoms with van der Waals surface area (Å²) in [4.78, 5) is 39.3. The van der Waals surface area contributed by atoms with Crippen molar-refractivity contribution in [1.82, 2.24) is 15.5 Å². The van der Waals surface area contributed by atoms with Gasteiger partial charge in [-0.15, -0.1) is 0 Å². The number of unbranched alkanes of at least 4 members (excludes halogenated alkanes) is 2. The molecule has 0 aliphatic heterocycles. The molecule has 1 unspecified atom stereocenters. The fourth-order valence-electron chi connectivity index (χ4n) is 3.29. The second kappa shape index (κ2) is 12.7. The number of amides is 3. The van der Waals surface area contributed by atoms with E-state index in [1.165, 1.54) is 4.90 Å². The fraction of sp³-hybridized carbons (Fsp3) is 0.583. The number of rotatable bonds is 10. The molecule has 1 aromatic carbocycles. The molecule has 0 spiro atoms. The normalized spacial score (nSPS) is 11.8. The van der Waals surface area contributed by atoms with Gasteiger partial charge in [-0.3, -0.25) is 9.59 Å². The van der Waals surface area contributed by atoms with Crippen LogP contribution >= 0.6 is 0 Å². The summed E-state index contributed by atoms with van der Waals surface area (Å²) in [6.45, 7) is 10.8. The first-order valence-electron chi connectivity index (χ1n) is 11.0. The summed E-state index contributed by atoms with van der Waals surface area (Å²) in [6.07, 6.45) is 2.09. The predicted octanol–water partition coefficient (Wildman–Crippen LogP) is 3.53. The molecule has 0 heterocycles. The highest BCUT2D eigenvalue weighted by Crippen LogP contribution is 2.24. The van der Waals surface area contributed by atoms with Crippen LogP contribution in [0.1, 0.15) is 69.7 Å². The van der Waals surface area contributed by atoms with Crippen LogP contribution in [0.3, 0.4) is 0 Å². The summed E-state index contributed by atoms with van der Waals surface area (Å²) in [6, 6.07) is 6.63. The number of nitriles is 1. The Bertz CT molecular complexity index is 819. The highest BCUT2D eigenvalue weighted by Gasteiger charge is 2.32. The van der Waals surface area contributed by atoms with Crippen LogP contribution in [0.15, 0.2) is 18.2 Å². The van der Waals surface area contributed by atoms with Crippen LogP contribution in [0.25, 0.3) is 0 Å². The molecule has 0 aliphatic carbocycles. The van der Waals surface area contributed by atoms with E-state index in [1.807, 2.05) is 38.1 Å². The highest BCUT2D eigenvalue weighted by atomic mass is 16.6. The van der Waals surface area contributed by atoms with Gasteiger partial charge in [-0.2, -0.15) is 5.26 Å². The number of nitrogens with one attached hydrogen (secondary N) is 2. The molecule has 0 bridgehead atoms. The summed E-state index contributed by atoms with van der Waals surface area (Å²) in [7, 11) is 0. The molecule has 8 nitrogen and oxygen atoms in total. The molecule has 1 atom stereocenters. The monoisotopic (exact) mass is 444 g/mol. The van der Waals surface area contributed by atoms with Crippen LogP contribution in [-0.2, 0) is 14.3 Å². The van der Waals surface area contributed by atoms with Crippen molar-refractivity contribution in [2.24, 2.45) is 0 Å². The summed E-state index contributed by atoms with van der Waals surface area (Å²) in [5.74, 6) is -0.905. The Morgan fingerprint density at radius 3 is 2.25 bits per heavy atom. The van der Waals surface area contributed by atoms with Gasteiger partial charge in [0.2, 0.25) is 11.8 Å². The molecule has 3 amide bonds. The van der Waals surface area contributed by atoms with Gasteiger partial charge in [0.15, 0.2) is 0 Å². The molecule has 176 valence electrons. The Hall–Kier alpha value is -3.08. The van der Waals surface area contributed by atoms with Gasteiger partial charge in [0.1, 0.15) is 24.7 Å². The molecule has 0 aliphatic rings. The van der Waals surface area contributed by atoms with Crippen molar-refractivity contribution in [1.29, 1.82) is 5.26 Å². The SMILES string of the molecule is CCCCCNC(=O)C(c1cc(C)cc(C)c1)N(CC#N)C(=O)CNC(=O)OC(C)(C)C. The first-order chi connectivity index (χ1) is 15.0. The average molecular weight is 445 g/mol. The molecule has 8 heteroatoms. The smallest absolute Gasteiger partial charge is 0.408 e. The highest BCUT2D eigenvalue weighted by molar-refractivity contribution is 5.90. The van der Waals surface area contributed by atoms with E-state index in [0.717, 1.165) is 30.4 Å². The molecular weight excluding hydrogens is 408 g/mol. The van der Waals surface area contributed by atoms with Crippen molar-refractivity contribution in [3.8, 4) is 6.07 Å². The molecular formula is C24H36N4O4. The first kappa shape index (κ1) is 27.0. The molecule has 32 heavy (non-hydrogen) atoms. The van der Waals surface area contributed by atoms with Crippen molar-refractivity contribution in [3.05, 3.63) is 34.9 Å². The second-order valence-corrected chi connectivity index (χ2v) is 8.86. The van der Waals surface area contributed by atoms with Crippen molar-refractivity contribution in [3.63, 3.8) is 0 Å². The first-order valence-corrected chi connectivity index (χ1v) is 11.0. The molecule has 1 aromatic rings. The zero-order chi connectivity index (χ0) is 24.3. The predicted molar refractivity (Wildman–Crippen MR) is 123 cm³/mol. The Balaban J connectivity index is 3.14. The Morgan fingerprint density at radius 1 is 1.09 bits per heavy atom. The van der Waals surface area contributed by atoms with Gasteiger partial charge in [0.05, 0.1) is 6.07 Å². The number of carbonyl (C=O) groups is 3. The maximum Gasteiger partial charge on any atom is 0.408 e. The van der Waals surface area contributed by atoms with E-state index in [2.05, 4.69) is 17.6 Å². The summed E-state index contributed by atoms with van der Waals surface area (Å²) in [5.41, 5.74) is 1.80. The van der Waals surface area contributed by atoms with E-state index in [9.17, 15) is 19.6 Å². The molecule has 0 fully saturated rings. The number of aryl methyl sites for hydroxylation is 2. The third-order valence-electron chi connectivity index (χ3n) is 4.54. The van der Waals surface area contributed by atoms with Gasteiger partial charge in [-0.05, 0) is 46.6 Å². The van der Waals surface area contributed by atoms with Crippen LogP contribution in [0.2, 0.25) is 0 Å². The molecule has 0 saturated heterocycles. The quantitative estimate of drug-likeness (QED) is 0.424. The van der Waals surface area contributed by atoms with E-state index < -0.39 is 23.6 Å². The van der Waals surface area contributed by atoms with Crippen molar-refractivity contribution >= 4 is 17.9 Å². The van der Waals surface area contributed by atoms with E-state index in [-0.39, 0.29) is 19.0 Å². The Morgan fingerprint density at radius 2 is 1.72 bits per heavy atom. The van der Waals surface area contributed by atoms with E-state index in [0.29, 0.717) is 12.1 Å². The second-order valence-electron chi connectivity index (χ2n) is 8.86. The van der Waals surface area contributed by atoms with Crippen LogP contribution in [-0.4, -0.2) is 48.0 Å². The van der Waals surface area contributed by atoms with Crippen LogP contribution < -0.4 is 10.6 Å². The summed E-state index contributed by atoms with van der Waals surface area (Å²) >= 11 is 0. The molecule has 0 aromatic heterocycles. The lowest BCUT2D eigenvalue weighted by Gasteiger charge is -2.30. The summed E-state index contributed by atoms with van der Waals surface area (Å²) in [5, 5.41) is 14.7.